The summed E-state index contributed by atoms with van der Waals surface area (Å²) in [4.78, 5) is 10.4. The summed E-state index contributed by atoms with van der Waals surface area (Å²) in [6.07, 6.45) is 6.50. The predicted octanol–water partition coefficient (Wildman–Crippen LogP) is 11.0. The Bertz CT molecular complexity index is 2380. The summed E-state index contributed by atoms with van der Waals surface area (Å²) in [7, 11) is 0. The topological polar surface area (TPSA) is 43.9 Å². The normalized spacial score (nSPS) is 12.7. The van der Waals surface area contributed by atoms with Crippen LogP contribution < -0.4 is 0 Å². The maximum absolute atomic E-state index is 6.16. The van der Waals surface area contributed by atoms with E-state index in [0.717, 1.165) is 84.1 Å². The maximum atomic E-state index is 6.16. The van der Waals surface area contributed by atoms with E-state index in [1.54, 1.807) is 0 Å². The molecule has 0 fully saturated rings. The van der Waals surface area contributed by atoms with E-state index in [1.807, 2.05) is 24.3 Å². The molecule has 0 bridgehead atoms. The molecule has 5 heteroatoms. The molecule has 0 spiro atoms. The molecule has 0 radical (unpaired) electrons. The molecule has 4 nitrogen and oxygen atoms in total. The molecule has 5 aromatic carbocycles. The first-order valence-electron chi connectivity index (χ1n) is 15.2. The zero-order valence-corrected chi connectivity index (χ0v) is 25.8. The number of hydrogen-bond donors (Lipinski definition) is 0. The summed E-state index contributed by atoms with van der Waals surface area (Å²) in [5.41, 5.74) is 11.5. The van der Waals surface area contributed by atoms with E-state index in [-0.39, 0.29) is 0 Å². The third kappa shape index (κ3) is 4.34. The predicted molar refractivity (Wildman–Crippen MR) is 188 cm³/mol. The van der Waals surface area contributed by atoms with E-state index in [2.05, 4.69) is 130 Å². The second kappa shape index (κ2) is 10.4. The lowest BCUT2D eigenvalue weighted by atomic mass is 9.98. The Morgan fingerprint density at radius 3 is 2.09 bits per heavy atom. The van der Waals surface area contributed by atoms with Gasteiger partial charge in [-0.1, -0.05) is 107 Å². The summed E-state index contributed by atoms with van der Waals surface area (Å²) in [6, 6.07) is 42.2. The number of nitrogens with zero attached hydrogens (tertiary/aromatic N) is 3. The maximum Gasteiger partial charge on any atom is 0.235 e. The van der Waals surface area contributed by atoms with Gasteiger partial charge in [0.25, 0.3) is 0 Å². The lowest BCUT2D eigenvalue weighted by molar-refractivity contribution is 0.669. The minimum atomic E-state index is 0.672. The summed E-state index contributed by atoms with van der Waals surface area (Å²) in [5, 5.41) is 3.43. The van der Waals surface area contributed by atoms with Gasteiger partial charge < -0.3 is 4.42 Å². The van der Waals surface area contributed by atoms with E-state index >= 15 is 0 Å². The number of benzene rings is 5. The van der Waals surface area contributed by atoms with Crippen molar-refractivity contribution in [2.75, 3.05) is 0 Å². The van der Waals surface area contributed by atoms with E-state index in [1.165, 1.54) is 10.9 Å². The molecule has 0 unspecified atom stereocenters. The first-order chi connectivity index (χ1) is 22.2. The van der Waals surface area contributed by atoms with Crippen LogP contribution in [0, 0.1) is 0 Å². The number of halogens is 1. The molecular formula is C40H26BrN3O. The molecule has 1 aliphatic carbocycles. The van der Waals surface area contributed by atoms with Crippen LogP contribution in [0.2, 0.25) is 0 Å². The standard InChI is InChI=1S/C40H26BrN3O/c41-32-15-9-17-38-39(32)31-22-27(19-21-37(31)45-38)28-18-20-30-29-14-7-8-16-35(29)44(36(30)23-28)40-42-33(25-10-3-1-4-11-25)24-34(43-40)26-12-5-2-6-13-26/h1-6,8-13,15-24H,7,14H2. The first kappa shape index (κ1) is 26.2. The van der Waals surface area contributed by atoms with Crippen LogP contribution in [0.5, 0.6) is 0 Å². The summed E-state index contributed by atoms with van der Waals surface area (Å²) < 4.78 is 9.45. The van der Waals surface area contributed by atoms with Gasteiger partial charge in [0, 0.05) is 31.8 Å². The largest absolute Gasteiger partial charge is 0.456 e. The van der Waals surface area contributed by atoms with Gasteiger partial charge in [0.05, 0.1) is 22.6 Å². The van der Waals surface area contributed by atoms with Gasteiger partial charge in [0.2, 0.25) is 5.95 Å². The second-order valence-corrected chi connectivity index (χ2v) is 12.3. The lowest BCUT2D eigenvalue weighted by Gasteiger charge is -2.14. The second-order valence-electron chi connectivity index (χ2n) is 11.5. The highest BCUT2D eigenvalue weighted by atomic mass is 79.9. The Labute approximate surface area is 268 Å². The van der Waals surface area contributed by atoms with Crippen LogP contribution in [-0.2, 0) is 6.42 Å². The fourth-order valence-electron chi connectivity index (χ4n) is 6.64. The Balaban J connectivity index is 1.29. The van der Waals surface area contributed by atoms with Gasteiger partial charge >= 0.3 is 0 Å². The third-order valence-electron chi connectivity index (χ3n) is 8.78. The Kier molecular flexibility index (Phi) is 6.06. The van der Waals surface area contributed by atoms with E-state index in [9.17, 15) is 0 Å². The number of allylic oxidation sites excluding steroid dienone is 1. The average molecular weight is 645 g/mol. The van der Waals surface area contributed by atoms with Crippen LogP contribution in [0.25, 0.3) is 78.5 Å². The fourth-order valence-corrected chi connectivity index (χ4v) is 7.20. The van der Waals surface area contributed by atoms with Crippen LogP contribution in [-0.4, -0.2) is 14.5 Å². The summed E-state index contributed by atoms with van der Waals surface area (Å²) in [5.74, 6) is 0.672. The molecule has 9 rings (SSSR count). The van der Waals surface area contributed by atoms with Crippen molar-refractivity contribution in [3.05, 3.63) is 143 Å². The van der Waals surface area contributed by atoms with Crippen molar-refractivity contribution in [3.63, 3.8) is 0 Å². The van der Waals surface area contributed by atoms with Gasteiger partial charge in [-0.2, -0.15) is 0 Å². The highest BCUT2D eigenvalue weighted by molar-refractivity contribution is 9.10. The summed E-state index contributed by atoms with van der Waals surface area (Å²) in [6.45, 7) is 0. The third-order valence-corrected chi connectivity index (χ3v) is 9.44. The molecule has 0 amide bonds. The Morgan fingerprint density at radius 1 is 0.622 bits per heavy atom. The van der Waals surface area contributed by atoms with E-state index in [4.69, 9.17) is 14.4 Å². The minimum Gasteiger partial charge on any atom is -0.456 e. The Morgan fingerprint density at radius 2 is 1.33 bits per heavy atom. The quantitative estimate of drug-likeness (QED) is 0.192. The zero-order valence-electron chi connectivity index (χ0n) is 24.2. The van der Waals surface area contributed by atoms with Crippen LogP contribution in [0.15, 0.2) is 136 Å². The number of hydrogen-bond acceptors (Lipinski definition) is 3. The van der Waals surface area contributed by atoms with Crippen molar-refractivity contribution in [1.82, 2.24) is 14.5 Å². The van der Waals surface area contributed by atoms with Crippen molar-refractivity contribution < 1.29 is 4.42 Å². The molecule has 8 aromatic rings. The number of aryl methyl sites for hydroxylation is 1. The molecule has 3 aromatic heterocycles. The van der Waals surface area contributed by atoms with Gasteiger partial charge in [-0.15, -0.1) is 0 Å². The minimum absolute atomic E-state index is 0.672. The fraction of sp³-hybridized carbons (Fsp3) is 0.0500. The molecule has 45 heavy (non-hydrogen) atoms. The molecule has 0 saturated carbocycles. The van der Waals surface area contributed by atoms with Crippen molar-refractivity contribution in [3.8, 4) is 39.6 Å². The SMILES string of the molecule is Brc1cccc2oc3ccc(-c4ccc5c6c(n(-c7nc(-c8ccccc8)cc(-c8ccccc8)n7)c5c4)C=CCC6)cc3c12. The van der Waals surface area contributed by atoms with Crippen molar-refractivity contribution >= 4 is 54.8 Å². The molecule has 1 aliphatic rings. The smallest absolute Gasteiger partial charge is 0.235 e. The van der Waals surface area contributed by atoms with Crippen LogP contribution in [0.3, 0.4) is 0 Å². The molecular weight excluding hydrogens is 618 g/mol. The molecule has 0 saturated heterocycles. The van der Waals surface area contributed by atoms with Gasteiger partial charge in [-0.25, -0.2) is 9.97 Å². The number of aromatic nitrogens is 3. The Hall–Kier alpha value is -5.26. The molecule has 3 heterocycles. The highest BCUT2D eigenvalue weighted by Crippen LogP contribution is 2.39. The monoisotopic (exact) mass is 643 g/mol. The van der Waals surface area contributed by atoms with E-state index < -0.39 is 0 Å². The highest BCUT2D eigenvalue weighted by Gasteiger charge is 2.22. The molecule has 214 valence electrons. The van der Waals surface area contributed by atoms with E-state index in [0.29, 0.717) is 5.95 Å². The molecule has 0 aliphatic heterocycles. The summed E-state index contributed by atoms with van der Waals surface area (Å²) >= 11 is 3.74. The number of furan rings is 1. The zero-order chi connectivity index (χ0) is 29.9. The van der Waals surface area contributed by atoms with Crippen molar-refractivity contribution in [2.45, 2.75) is 12.8 Å². The average Bonchev–Trinajstić information content (AvgIpc) is 3.64. The van der Waals surface area contributed by atoms with Gasteiger partial charge in [0.1, 0.15) is 11.2 Å². The molecule has 0 atom stereocenters. The van der Waals surface area contributed by atoms with Crippen LogP contribution >= 0.6 is 15.9 Å². The van der Waals surface area contributed by atoms with Gasteiger partial charge in [-0.3, -0.25) is 4.57 Å². The van der Waals surface area contributed by atoms with Crippen molar-refractivity contribution in [2.24, 2.45) is 0 Å². The number of rotatable bonds is 4. The molecule has 0 N–H and O–H groups in total. The lowest BCUT2D eigenvalue weighted by Crippen LogP contribution is -2.07. The van der Waals surface area contributed by atoms with Crippen LogP contribution in [0.4, 0.5) is 0 Å². The van der Waals surface area contributed by atoms with Crippen LogP contribution in [0.1, 0.15) is 17.7 Å². The van der Waals surface area contributed by atoms with Gasteiger partial charge in [0.15, 0.2) is 0 Å². The van der Waals surface area contributed by atoms with Gasteiger partial charge in [-0.05, 0) is 72.0 Å². The van der Waals surface area contributed by atoms with Crippen molar-refractivity contribution in [1.29, 1.82) is 0 Å². The first-order valence-corrected chi connectivity index (χ1v) is 16.0. The number of fused-ring (bicyclic) bond motifs is 6.